The van der Waals surface area contributed by atoms with Crippen molar-refractivity contribution in [1.29, 1.82) is 0 Å². The average molecular weight is 583 g/mol. The molecular weight excluding hydrogens is 548 g/mol. The fourth-order valence-electron chi connectivity index (χ4n) is 4.42. The van der Waals surface area contributed by atoms with Crippen LogP contribution in [0, 0.1) is 0 Å². The SMILES string of the molecule is COc1cc(C(=O)OC[C@@]2(O)CO[C@@H](O[C@H]3[C@H](OCCc4ccc(O)cc4)O[C@H](CO)[C@@H](O)[C@@H]3O)[C@@H]2O)ccc1O. The topological polar surface area (TPSA) is 214 Å². The minimum atomic E-state index is -2.09. The van der Waals surface area contributed by atoms with Gasteiger partial charge in [-0.3, -0.25) is 0 Å². The summed E-state index contributed by atoms with van der Waals surface area (Å²) < 4.78 is 32.6. The lowest BCUT2D eigenvalue weighted by atomic mass is 9.98. The van der Waals surface area contributed by atoms with Gasteiger partial charge in [-0.25, -0.2) is 4.79 Å². The summed E-state index contributed by atoms with van der Waals surface area (Å²) in [4.78, 5) is 12.5. The summed E-state index contributed by atoms with van der Waals surface area (Å²) in [5.74, 6) is -0.916. The van der Waals surface area contributed by atoms with Crippen molar-refractivity contribution in [2.75, 3.05) is 33.5 Å². The highest BCUT2D eigenvalue weighted by molar-refractivity contribution is 5.90. The molecule has 4 rings (SSSR count). The molecule has 0 aromatic heterocycles. The molecule has 14 nitrogen and oxygen atoms in total. The first kappa shape index (κ1) is 30.9. The Morgan fingerprint density at radius 3 is 2.46 bits per heavy atom. The molecule has 8 atom stereocenters. The van der Waals surface area contributed by atoms with Crippen LogP contribution in [-0.4, -0.2) is 124 Å². The van der Waals surface area contributed by atoms with Gasteiger partial charge in [-0.2, -0.15) is 0 Å². The number of phenolic OH excluding ortho intramolecular Hbond substituents is 2. The number of phenols is 2. The average Bonchev–Trinajstić information content (AvgIpc) is 3.25. The van der Waals surface area contributed by atoms with Gasteiger partial charge in [-0.15, -0.1) is 0 Å². The van der Waals surface area contributed by atoms with E-state index in [1.807, 2.05) is 0 Å². The van der Waals surface area contributed by atoms with Crippen LogP contribution in [0.25, 0.3) is 0 Å². The van der Waals surface area contributed by atoms with E-state index in [4.69, 9.17) is 28.4 Å². The number of methoxy groups -OCH3 is 1. The van der Waals surface area contributed by atoms with E-state index in [0.29, 0.717) is 6.42 Å². The van der Waals surface area contributed by atoms with Crippen molar-refractivity contribution < 1.29 is 69.0 Å². The summed E-state index contributed by atoms with van der Waals surface area (Å²) in [7, 11) is 1.31. The molecule has 0 aliphatic carbocycles. The van der Waals surface area contributed by atoms with Crippen LogP contribution in [0.4, 0.5) is 0 Å². The Bertz CT molecular complexity index is 1160. The third kappa shape index (κ3) is 7.06. The van der Waals surface area contributed by atoms with E-state index in [9.17, 15) is 40.5 Å². The van der Waals surface area contributed by atoms with Crippen molar-refractivity contribution in [3.63, 3.8) is 0 Å². The van der Waals surface area contributed by atoms with Crippen molar-refractivity contribution in [1.82, 2.24) is 0 Å². The maximum atomic E-state index is 12.5. The van der Waals surface area contributed by atoms with Crippen LogP contribution >= 0.6 is 0 Å². The highest BCUT2D eigenvalue weighted by Gasteiger charge is 2.54. The molecule has 2 fully saturated rings. The molecule has 2 heterocycles. The molecule has 14 heteroatoms. The number of ether oxygens (including phenoxy) is 6. The second-order valence-corrected chi connectivity index (χ2v) is 9.79. The van der Waals surface area contributed by atoms with E-state index in [0.717, 1.165) is 5.56 Å². The number of hydrogen-bond acceptors (Lipinski definition) is 14. The molecule has 226 valence electrons. The van der Waals surface area contributed by atoms with Gasteiger partial charge >= 0.3 is 5.97 Å². The molecule has 2 aliphatic heterocycles. The van der Waals surface area contributed by atoms with Crippen LogP contribution in [0.3, 0.4) is 0 Å². The Balaban J connectivity index is 1.38. The predicted octanol–water partition coefficient (Wildman–Crippen LogP) is -1.20. The van der Waals surface area contributed by atoms with E-state index in [-0.39, 0.29) is 29.4 Å². The third-order valence-electron chi connectivity index (χ3n) is 6.90. The fourth-order valence-corrected chi connectivity index (χ4v) is 4.42. The van der Waals surface area contributed by atoms with Crippen molar-refractivity contribution in [2.45, 2.75) is 55.1 Å². The molecule has 0 bridgehead atoms. The van der Waals surface area contributed by atoms with Gasteiger partial charge in [-0.1, -0.05) is 12.1 Å². The number of aliphatic hydroxyl groups excluding tert-OH is 4. The predicted molar refractivity (Wildman–Crippen MR) is 136 cm³/mol. The molecule has 2 aliphatic rings. The number of rotatable bonds is 11. The molecule has 2 aromatic rings. The first-order chi connectivity index (χ1) is 19.6. The van der Waals surface area contributed by atoms with Gasteiger partial charge in [0.15, 0.2) is 29.7 Å². The second-order valence-electron chi connectivity index (χ2n) is 9.79. The maximum absolute atomic E-state index is 12.5. The number of carbonyl (C=O) groups is 1. The van der Waals surface area contributed by atoms with Crippen LogP contribution in [0.5, 0.6) is 17.2 Å². The Morgan fingerprint density at radius 2 is 1.78 bits per heavy atom. The molecule has 0 unspecified atom stereocenters. The first-order valence-corrected chi connectivity index (χ1v) is 12.8. The van der Waals surface area contributed by atoms with Crippen LogP contribution in [0.1, 0.15) is 15.9 Å². The van der Waals surface area contributed by atoms with Crippen molar-refractivity contribution >= 4 is 5.97 Å². The van der Waals surface area contributed by atoms with Gasteiger partial charge in [0.2, 0.25) is 0 Å². The van der Waals surface area contributed by atoms with Crippen molar-refractivity contribution in [3.8, 4) is 17.2 Å². The van der Waals surface area contributed by atoms with Gasteiger partial charge in [0.05, 0.1) is 32.5 Å². The second kappa shape index (κ2) is 13.3. The summed E-state index contributed by atoms with van der Waals surface area (Å²) in [5, 5.41) is 71.5. The smallest absolute Gasteiger partial charge is 0.338 e. The number of benzene rings is 2. The molecule has 0 spiro atoms. The normalized spacial score (nSPS) is 31.6. The Morgan fingerprint density at radius 1 is 1.05 bits per heavy atom. The quantitative estimate of drug-likeness (QED) is 0.155. The summed E-state index contributed by atoms with van der Waals surface area (Å²) in [6.07, 6.45) is -10.0. The van der Waals surface area contributed by atoms with Crippen LogP contribution in [-0.2, 0) is 30.1 Å². The minimum absolute atomic E-state index is 0.0200. The first-order valence-electron chi connectivity index (χ1n) is 12.8. The Labute approximate surface area is 234 Å². The molecule has 0 amide bonds. The summed E-state index contributed by atoms with van der Waals surface area (Å²) in [5.41, 5.74) is -1.24. The number of carbonyl (C=O) groups excluding carboxylic acids is 1. The lowest BCUT2D eigenvalue weighted by molar-refractivity contribution is -0.335. The van der Waals surface area contributed by atoms with Crippen molar-refractivity contribution in [3.05, 3.63) is 53.6 Å². The number of hydrogen-bond donors (Lipinski definition) is 7. The fraction of sp³-hybridized carbons (Fsp3) is 0.519. The zero-order chi connectivity index (χ0) is 29.7. The van der Waals surface area contributed by atoms with Gasteiger partial charge in [0, 0.05) is 0 Å². The lowest BCUT2D eigenvalue weighted by Crippen LogP contribution is -2.61. The summed E-state index contributed by atoms with van der Waals surface area (Å²) >= 11 is 0. The van der Waals surface area contributed by atoms with Gasteiger partial charge in [0.1, 0.15) is 42.9 Å². The highest BCUT2D eigenvalue weighted by Crippen LogP contribution is 2.32. The summed E-state index contributed by atoms with van der Waals surface area (Å²) in [6.45, 7) is -1.76. The van der Waals surface area contributed by atoms with Gasteiger partial charge < -0.3 is 64.2 Å². The van der Waals surface area contributed by atoms with Crippen LogP contribution < -0.4 is 4.74 Å². The molecule has 41 heavy (non-hydrogen) atoms. The number of aliphatic hydroxyl groups is 5. The zero-order valence-electron chi connectivity index (χ0n) is 22.1. The number of aromatic hydroxyl groups is 2. The van der Waals surface area contributed by atoms with Gasteiger partial charge in [0.25, 0.3) is 0 Å². The highest BCUT2D eigenvalue weighted by atomic mass is 16.8. The molecule has 0 radical (unpaired) electrons. The van der Waals surface area contributed by atoms with E-state index in [1.165, 1.54) is 37.4 Å². The van der Waals surface area contributed by atoms with Crippen LogP contribution in [0.2, 0.25) is 0 Å². The molecule has 7 N–H and O–H groups in total. The van der Waals surface area contributed by atoms with Crippen LogP contribution in [0.15, 0.2) is 42.5 Å². The van der Waals surface area contributed by atoms with E-state index < -0.39 is 74.5 Å². The largest absolute Gasteiger partial charge is 0.508 e. The van der Waals surface area contributed by atoms with E-state index in [1.54, 1.807) is 12.1 Å². The Hall–Kier alpha value is -3.05. The molecule has 2 saturated heterocycles. The van der Waals surface area contributed by atoms with Gasteiger partial charge in [-0.05, 0) is 42.3 Å². The molecule has 0 saturated carbocycles. The van der Waals surface area contributed by atoms with Crippen molar-refractivity contribution in [2.24, 2.45) is 0 Å². The number of esters is 1. The maximum Gasteiger partial charge on any atom is 0.338 e. The molecular formula is C27H34O14. The standard InChI is InChI=1S/C27H34O14/c1-36-18-10-15(4-7-17(18)30)24(34)38-12-27(35)13-39-26(23(27)33)41-22-21(32)20(31)19(11-28)40-25(22)37-9-8-14-2-5-16(29)6-3-14/h2-7,10,19-23,25-26,28-33,35H,8-9,11-13H2,1H3/t19-,20-,21+,22-,23+,25-,26+,27-/m1/s1. The lowest BCUT2D eigenvalue weighted by Gasteiger charge is -2.42. The third-order valence-corrected chi connectivity index (χ3v) is 6.90. The minimum Gasteiger partial charge on any atom is -0.508 e. The Kier molecular flexibility index (Phi) is 10.0. The monoisotopic (exact) mass is 582 g/mol. The van der Waals surface area contributed by atoms with E-state index >= 15 is 0 Å². The van der Waals surface area contributed by atoms with E-state index in [2.05, 4.69) is 0 Å². The summed E-state index contributed by atoms with van der Waals surface area (Å²) in [6, 6.07) is 10.2. The zero-order valence-corrected chi connectivity index (χ0v) is 22.1. The molecule has 2 aromatic carbocycles.